The van der Waals surface area contributed by atoms with Gasteiger partial charge in [0.15, 0.2) is 0 Å². The average Bonchev–Trinajstić information content (AvgIpc) is 2.75. The molecule has 0 saturated heterocycles. The fourth-order valence-electron chi connectivity index (χ4n) is 2.96. The Kier molecular flexibility index (Phi) is 8.29. The minimum absolute atomic E-state index is 0.111. The normalized spacial score (nSPS) is 12.0. The van der Waals surface area contributed by atoms with Crippen molar-refractivity contribution in [2.24, 2.45) is 0 Å². The third-order valence-electron chi connectivity index (χ3n) is 4.70. The van der Waals surface area contributed by atoms with Crippen molar-refractivity contribution in [3.05, 3.63) is 59.1 Å². The number of benzene rings is 2. The van der Waals surface area contributed by atoms with Gasteiger partial charge < -0.3 is 15.0 Å². The van der Waals surface area contributed by atoms with E-state index in [2.05, 4.69) is 5.32 Å². The first kappa shape index (κ1) is 24.5. The number of halogens is 1. The van der Waals surface area contributed by atoms with E-state index in [9.17, 15) is 18.0 Å². The first-order chi connectivity index (χ1) is 14.6. The van der Waals surface area contributed by atoms with Crippen LogP contribution in [0.25, 0.3) is 0 Å². The highest BCUT2D eigenvalue weighted by Crippen LogP contribution is 2.24. The van der Waals surface area contributed by atoms with Crippen molar-refractivity contribution in [3.8, 4) is 5.75 Å². The van der Waals surface area contributed by atoms with Crippen LogP contribution in [0.5, 0.6) is 5.75 Å². The molecule has 8 nitrogen and oxygen atoms in total. The fourth-order valence-corrected chi connectivity index (χ4v) is 3.92. The van der Waals surface area contributed by atoms with Crippen LogP contribution in [0.4, 0.5) is 5.69 Å². The van der Waals surface area contributed by atoms with Crippen LogP contribution in [0.3, 0.4) is 0 Å². The summed E-state index contributed by atoms with van der Waals surface area (Å²) in [5.41, 5.74) is 1.04. The molecule has 0 aliphatic rings. The van der Waals surface area contributed by atoms with Crippen LogP contribution in [0, 0.1) is 0 Å². The van der Waals surface area contributed by atoms with Gasteiger partial charge in [-0.05, 0) is 36.8 Å². The van der Waals surface area contributed by atoms with Crippen molar-refractivity contribution in [1.29, 1.82) is 0 Å². The monoisotopic (exact) mass is 467 g/mol. The lowest BCUT2D eigenvalue weighted by atomic mass is 10.1. The standard InChI is InChI=1S/C21H26ClN3O5S/c1-15(21(27)23-2)24(13-16-8-10-17(22)11-9-16)20(26)14-25(31(4,28)29)18-6-5-7-19(12-18)30-3/h5-12,15H,13-14H2,1-4H3,(H,23,27)/t15-/m0/s1. The Morgan fingerprint density at radius 2 is 1.81 bits per heavy atom. The van der Waals surface area contributed by atoms with Gasteiger partial charge in [-0.1, -0.05) is 29.8 Å². The number of sulfonamides is 1. The Morgan fingerprint density at radius 3 is 2.35 bits per heavy atom. The summed E-state index contributed by atoms with van der Waals surface area (Å²) in [5, 5.41) is 3.07. The van der Waals surface area contributed by atoms with Crippen LogP contribution in [-0.4, -0.2) is 58.1 Å². The molecule has 2 aromatic rings. The van der Waals surface area contributed by atoms with Crippen LogP contribution in [0.15, 0.2) is 48.5 Å². The highest BCUT2D eigenvalue weighted by molar-refractivity contribution is 7.92. The molecule has 0 saturated carbocycles. The third-order valence-corrected chi connectivity index (χ3v) is 6.09. The van der Waals surface area contributed by atoms with E-state index < -0.39 is 28.5 Å². The second-order valence-corrected chi connectivity index (χ2v) is 9.25. The second kappa shape index (κ2) is 10.5. The predicted molar refractivity (Wildman–Crippen MR) is 121 cm³/mol. The molecule has 1 atom stereocenters. The molecule has 0 unspecified atom stereocenters. The van der Waals surface area contributed by atoms with Gasteiger partial charge in [-0.15, -0.1) is 0 Å². The predicted octanol–water partition coefficient (Wildman–Crippen LogP) is 2.28. The first-order valence-corrected chi connectivity index (χ1v) is 11.7. The molecule has 1 N–H and O–H groups in total. The highest BCUT2D eigenvalue weighted by Gasteiger charge is 2.29. The summed E-state index contributed by atoms with van der Waals surface area (Å²) in [6.45, 7) is 1.23. The van der Waals surface area contributed by atoms with Gasteiger partial charge in [0.1, 0.15) is 18.3 Å². The van der Waals surface area contributed by atoms with Gasteiger partial charge in [-0.25, -0.2) is 8.42 Å². The molecule has 0 radical (unpaired) electrons. The maximum atomic E-state index is 13.2. The average molecular weight is 468 g/mol. The molecule has 0 fully saturated rings. The number of carbonyl (C=O) groups excluding carboxylic acids is 2. The summed E-state index contributed by atoms with van der Waals surface area (Å²) >= 11 is 5.93. The van der Waals surface area contributed by atoms with Crippen molar-refractivity contribution in [1.82, 2.24) is 10.2 Å². The number of nitrogens with one attached hydrogen (secondary N) is 1. The molecule has 31 heavy (non-hydrogen) atoms. The van der Waals surface area contributed by atoms with E-state index >= 15 is 0 Å². The number of rotatable bonds is 9. The fraction of sp³-hybridized carbons (Fsp3) is 0.333. The molecule has 0 spiro atoms. The zero-order valence-corrected chi connectivity index (χ0v) is 19.4. The van der Waals surface area contributed by atoms with Crippen LogP contribution >= 0.6 is 11.6 Å². The topological polar surface area (TPSA) is 96.0 Å². The van der Waals surface area contributed by atoms with E-state index in [0.29, 0.717) is 10.8 Å². The number of likely N-dealkylation sites (N-methyl/N-ethyl adjacent to an activating group) is 1. The van der Waals surface area contributed by atoms with E-state index in [4.69, 9.17) is 16.3 Å². The van der Waals surface area contributed by atoms with E-state index in [-0.39, 0.29) is 18.1 Å². The molecule has 168 valence electrons. The van der Waals surface area contributed by atoms with Crippen molar-refractivity contribution in [2.45, 2.75) is 19.5 Å². The van der Waals surface area contributed by atoms with Crippen molar-refractivity contribution in [3.63, 3.8) is 0 Å². The summed E-state index contributed by atoms with van der Waals surface area (Å²) < 4.78 is 31.1. The molecule has 0 aliphatic heterocycles. The third kappa shape index (κ3) is 6.60. The quantitative estimate of drug-likeness (QED) is 0.610. The summed E-state index contributed by atoms with van der Waals surface area (Å²) in [7, 11) is -0.848. The Labute approximate surface area is 187 Å². The Bertz CT molecular complexity index is 1030. The van der Waals surface area contributed by atoms with Crippen molar-refractivity contribution < 1.29 is 22.7 Å². The van der Waals surface area contributed by atoms with Gasteiger partial charge >= 0.3 is 0 Å². The van der Waals surface area contributed by atoms with Gasteiger partial charge in [0.05, 0.1) is 19.1 Å². The minimum Gasteiger partial charge on any atom is -0.497 e. The molecule has 10 heteroatoms. The summed E-state index contributed by atoms with van der Waals surface area (Å²) in [6, 6.07) is 12.4. The van der Waals surface area contributed by atoms with E-state index in [0.717, 1.165) is 16.1 Å². The lowest BCUT2D eigenvalue weighted by molar-refractivity contribution is -0.139. The van der Waals surface area contributed by atoms with Crippen molar-refractivity contribution >= 4 is 39.1 Å². The molecule has 0 heterocycles. The Hall–Kier alpha value is -2.78. The number of amides is 2. The van der Waals surface area contributed by atoms with E-state index in [1.807, 2.05) is 0 Å². The molecule has 0 bridgehead atoms. The van der Waals surface area contributed by atoms with Crippen LogP contribution in [0.1, 0.15) is 12.5 Å². The first-order valence-electron chi connectivity index (χ1n) is 9.44. The number of hydrogen-bond acceptors (Lipinski definition) is 5. The number of ether oxygens (including phenoxy) is 1. The van der Waals surface area contributed by atoms with Gasteiger partial charge in [0, 0.05) is 24.7 Å². The van der Waals surface area contributed by atoms with Crippen LogP contribution in [-0.2, 0) is 26.2 Å². The molecule has 2 amide bonds. The lowest BCUT2D eigenvalue weighted by Gasteiger charge is -2.31. The smallest absolute Gasteiger partial charge is 0.244 e. The van der Waals surface area contributed by atoms with Crippen LogP contribution < -0.4 is 14.4 Å². The largest absolute Gasteiger partial charge is 0.497 e. The number of methoxy groups -OCH3 is 1. The molecule has 2 rings (SSSR count). The van der Waals surface area contributed by atoms with Gasteiger partial charge in [-0.3, -0.25) is 13.9 Å². The van der Waals surface area contributed by atoms with Gasteiger partial charge in [0.2, 0.25) is 21.8 Å². The van der Waals surface area contributed by atoms with Gasteiger partial charge in [0.25, 0.3) is 0 Å². The zero-order chi connectivity index (χ0) is 23.2. The molecule has 0 aromatic heterocycles. The summed E-state index contributed by atoms with van der Waals surface area (Å²) in [6.07, 6.45) is 1.02. The SMILES string of the molecule is CNC(=O)[C@H](C)N(Cc1ccc(Cl)cc1)C(=O)CN(c1cccc(OC)c1)S(C)(=O)=O. The molecule has 0 aliphatic carbocycles. The molecule has 2 aromatic carbocycles. The number of anilines is 1. The molecular weight excluding hydrogens is 442 g/mol. The zero-order valence-electron chi connectivity index (χ0n) is 17.8. The van der Waals surface area contributed by atoms with Crippen molar-refractivity contribution in [2.75, 3.05) is 31.3 Å². The minimum atomic E-state index is -3.79. The molecular formula is C21H26ClN3O5S. The highest BCUT2D eigenvalue weighted by atomic mass is 35.5. The maximum absolute atomic E-state index is 13.2. The number of hydrogen-bond donors (Lipinski definition) is 1. The number of carbonyl (C=O) groups is 2. The Balaban J connectivity index is 2.38. The number of nitrogens with zero attached hydrogens (tertiary/aromatic N) is 2. The van der Waals surface area contributed by atoms with E-state index in [1.165, 1.54) is 25.1 Å². The van der Waals surface area contributed by atoms with E-state index in [1.54, 1.807) is 49.4 Å². The second-order valence-electron chi connectivity index (χ2n) is 6.91. The summed E-state index contributed by atoms with van der Waals surface area (Å²) in [4.78, 5) is 26.8. The van der Waals surface area contributed by atoms with Crippen LogP contribution in [0.2, 0.25) is 5.02 Å². The van der Waals surface area contributed by atoms with Gasteiger partial charge in [-0.2, -0.15) is 0 Å². The Morgan fingerprint density at radius 1 is 1.16 bits per heavy atom. The maximum Gasteiger partial charge on any atom is 0.244 e. The lowest BCUT2D eigenvalue weighted by Crippen LogP contribution is -2.50. The summed E-state index contributed by atoms with van der Waals surface area (Å²) in [5.74, 6) is -0.441.